The van der Waals surface area contributed by atoms with Crippen molar-refractivity contribution in [3.05, 3.63) is 29.8 Å². The number of nitrogens with zero attached hydrogens (tertiary/aromatic N) is 3. The van der Waals surface area contributed by atoms with E-state index in [1.165, 1.54) is 51.4 Å². The quantitative estimate of drug-likeness (QED) is 0.281. The topological polar surface area (TPSA) is 110 Å². The molecule has 2 atom stereocenters. The number of carbonyl (C=O) groups is 4. The van der Waals surface area contributed by atoms with Gasteiger partial charge in [0.1, 0.15) is 5.75 Å². The molecule has 0 radical (unpaired) electrons. The lowest BCUT2D eigenvalue weighted by Crippen LogP contribution is -2.60. The molecule has 4 amide bonds. The summed E-state index contributed by atoms with van der Waals surface area (Å²) >= 11 is 0. The molecule has 2 N–H and O–H groups in total. The minimum atomic E-state index is -0.503. The first-order valence-electron chi connectivity index (χ1n) is 16.9. The Labute approximate surface area is 256 Å². The van der Waals surface area contributed by atoms with Crippen LogP contribution >= 0.6 is 0 Å². The van der Waals surface area contributed by atoms with Crippen LogP contribution in [0.4, 0.5) is 0 Å². The second kappa shape index (κ2) is 15.1. The first kappa shape index (κ1) is 31.3. The molecule has 0 aromatic heterocycles. The predicted octanol–water partition coefficient (Wildman–Crippen LogP) is 4.02. The summed E-state index contributed by atoms with van der Waals surface area (Å²) in [6, 6.07) is 7.00. The molecular formula is C34H50N4O5. The molecule has 2 heterocycles. The van der Waals surface area contributed by atoms with Crippen LogP contribution in [0.25, 0.3) is 0 Å². The zero-order valence-electron chi connectivity index (χ0n) is 25.7. The number of unbranched alkanes of at least 4 members (excludes halogenated alkanes) is 1. The molecular weight excluding hydrogens is 544 g/mol. The smallest absolute Gasteiger partial charge is 0.312 e. The Morgan fingerprint density at radius 2 is 1.37 bits per heavy atom. The first-order valence-corrected chi connectivity index (χ1v) is 16.9. The minimum absolute atomic E-state index is 0.0247. The minimum Gasteiger partial charge on any atom is -0.508 e. The van der Waals surface area contributed by atoms with Gasteiger partial charge in [-0.25, -0.2) is 0 Å². The number of piperazine rings is 2. The van der Waals surface area contributed by atoms with E-state index in [2.05, 4.69) is 5.32 Å². The second-order valence-electron chi connectivity index (χ2n) is 13.4. The van der Waals surface area contributed by atoms with Gasteiger partial charge in [-0.05, 0) is 74.5 Å². The summed E-state index contributed by atoms with van der Waals surface area (Å²) < 4.78 is 0. The molecule has 236 valence electrons. The van der Waals surface area contributed by atoms with Gasteiger partial charge in [0.05, 0.1) is 6.04 Å². The number of benzene rings is 1. The van der Waals surface area contributed by atoms with Gasteiger partial charge >= 0.3 is 23.6 Å². The molecule has 0 bridgehead atoms. The number of carbonyl (C=O) groups excluding carboxylic acids is 4. The molecule has 4 fully saturated rings. The summed E-state index contributed by atoms with van der Waals surface area (Å²) in [5.41, 5.74) is 1.04. The lowest BCUT2D eigenvalue weighted by atomic mass is 9.86. The summed E-state index contributed by atoms with van der Waals surface area (Å²) in [6.45, 7) is 2.75. The van der Waals surface area contributed by atoms with Crippen LogP contribution in [0.1, 0.15) is 95.5 Å². The van der Waals surface area contributed by atoms with Crippen molar-refractivity contribution >= 4 is 23.6 Å². The van der Waals surface area contributed by atoms with Crippen LogP contribution in [-0.4, -0.2) is 88.2 Å². The van der Waals surface area contributed by atoms with Gasteiger partial charge in [-0.15, -0.1) is 0 Å². The molecule has 2 aliphatic carbocycles. The van der Waals surface area contributed by atoms with Gasteiger partial charge in [0.2, 0.25) is 0 Å². The van der Waals surface area contributed by atoms with Crippen LogP contribution in [-0.2, 0) is 25.6 Å². The van der Waals surface area contributed by atoms with E-state index in [0.717, 1.165) is 44.1 Å². The van der Waals surface area contributed by atoms with Gasteiger partial charge < -0.3 is 25.1 Å². The molecule has 9 heteroatoms. The monoisotopic (exact) mass is 594 g/mol. The third-order valence-corrected chi connectivity index (χ3v) is 10.3. The summed E-state index contributed by atoms with van der Waals surface area (Å²) in [5.74, 6) is -0.422. The van der Waals surface area contributed by atoms with E-state index in [-0.39, 0.29) is 17.8 Å². The maximum Gasteiger partial charge on any atom is 0.312 e. The zero-order valence-corrected chi connectivity index (χ0v) is 25.7. The van der Waals surface area contributed by atoms with Crippen molar-refractivity contribution in [2.45, 2.75) is 108 Å². The Balaban J connectivity index is 1.17. The van der Waals surface area contributed by atoms with Gasteiger partial charge in [-0.2, -0.15) is 0 Å². The number of amides is 4. The summed E-state index contributed by atoms with van der Waals surface area (Å²) in [4.78, 5) is 57.0. The Kier molecular flexibility index (Phi) is 11.0. The fourth-order valence-corrected chi connectivity index (χ4v) is 7.73. The predicted molar refractivity (Wildman–Crippen MR) is 164 cm³/mol. The molecule has 2 saturated heterocycles. The van der Waals surface area contributed by atoms with E-state index in [1.807, 2.05) is 21.9 Å². The average Bonchev–Trinajstić information content (AvgIpc) is 3.02. The lowest BCUT2D eigenvalue weighted by molar-refractivity contribution is -0.159. The van der Waals surface area contributed by atoms with Gasteiger partial charge in [-0.3, -0.25) is 19.2 Å². The largest absolute Gasteiger partial charge is 0.508 e. The van der Waals surface area contributed by atoms with Crippen molar-refractivity contribution in [2.24, 2.45) is 11.8 Å². The molecule has 43 heavy (non-hydrogen) atoms. The number of nitrogens with one attached hydrogen (secondary N) is 1. The molecule has 1 aromatic carbocycles. The normalized spacial score (nSPS) is 24.5. The van der Waals surface area contributed by atoms with Crippen molar-refractivity contribution in [2.75, 3.05) is 32.7 Å². The van der Waals surface area contributed by atoms with Crippen LogP contribution in [0, 0.1) is 11.8 Å². The number of rotatable bonds is 12. The van der Waals surface area contributed by atoms with Crippen molar-refractivity contribution in [3.63, 3.8) is 0 Å². The molecule has 0 spiro atoms. The van der Waals surface area contributed by atoms with Gasteiger partial charge in [0, 0.05) is 38.8 Å². The highest BCUT2D eigenvalue weighted by Gasteiger charge is 2.39. The number of hydrogen-bond donors (Lipinski definition) is 2. The van der Waals surface area contributed by atoms with Crippen molar-refractivity contribution in [3.8, 4) is 5.75 Å². The highest BCUT2D eigenvalue weighted by Crippen LogP contribution is 2.29. The van der Waals surface area contributed by atoms with Crippen molar-refractivity contribution < 1.29 is 24.3 Å². The molecule has 2 saturated carbocycles. The standard InChI is InChI=1S/C34H50N4O5/c39-30-16-14-26(15-17-30)21-29-24-36(33(42)34(43)37(29)20-18-25-9-3-1-4-10-25)19-8-7-13-28-22-35-31(40)32(41)38(28)23-27-11-5-2-6-12-27/h14-17,25,27-29,39H,1-13,18-24H2,(H,35,40)/t28-,29-/m0/s1. The summed E-state index contributed by atoms with van der Waals surface area (Å²) in [6.07, 6.45) is 16.0. The van der Waals surface area contributed by atoms with E-state index >= 15 is 0 Å². The first-order chi connectivity index (χ1) is 20.9. The van der Waals surface area contributed by atoms with E-state index in [1.54, 1.807) is 17.0 Å². The number of hydrogen-bond acceptors (Lipinski definition) is 5. The van der Waals surface area contributed by atoms with E-state index in [0.29, 0.717) is 51.0 Å². The highest BCUT2D eigenvalue weighted by molar-refractivity contribution is 6.36. The maximum absolute atomic E-state index is 13.5. The zero-order chi connectivity index (χ0) is 30.2. The van der Waals surface area contributed by atoms with Crippen LogP contribution < -0.4 is 5.32 Å². The van der Waals surface area contributed by atoms with Crippen LogP contribution in [0.3, 0.4) is 0 Å². The second-order valence-corrected chi connectivity index (χ2v) is 13.4. The van der Waals surface area contributed by atoms with E-state index in [9.17, 15) is 24.3 Å². The molecule has 2 aliphatic heterocycles. The molecule has 0 unspecified atom stereocenters. The Bertz CT molecular complexity index is 1110. The third kappa shape index (κ3) is 8.30. The summed E-state index contributed by atoms with van der Waals surface area (Å²) in [7, 11) is 0. The average molecular weight is 595 g/mol. The van der Waals surface area contributed by atoms with Gasteiger partial charge in [0.15, 0.2) is 0 Å². The van der Waals surface area contributed by atoms with Crippen molar-refractivity contribution in [1.29, 1.82) is 0 Å². The van der Waals surface area contributed by atoms with Crippen LogP contribution in [0.15, 0.2) is 24.3 Å². The third-order valence-electron chi connectivity index (χ3n) is 10.3. The number of aromatic hydroxyl groups is 1. The van der Waals surface area contributed by atoms with Crippen LogP contribution in [0.5, 0.6) is 5.75 Å². The summed E-state index contributed by atoms with van der Waals surface area (Å²) in [5, 5.41) is 12.5. The van der Waals surface area contributed by atoms with Gasteiger partial charge in [0.25, 0.3) is 0 Å². The van der Waals surface area contributed by atoms with E-state index < -0.39 is 23.6 Å². The Morgan fingerprint density at radius 1 is 0.698 bits per heavy atom. The lowest BCUT2D eigenvalue weighted by Gasteiger charge is -2.41. The fraction of sp³-hybridized carbons (Fsp3) is 0.706. The fourth-order valence-electron chi connectivity index (χ4n) is 7.73. The molecule has 4 aliphatic rings. The van der Waals surface area contributed by atoms with Crippen LogP contribution in [0.2, 0.25) is 0 Å². The van der Waals surface area contributed by atoms with Crippen molar-refractivity contribution in [1.82, 2.24) is 20.0 Å². The Hall–Kier alpha value is -3.10. The molecule has 1 aromatic rings. The molecule has 5 rings (SSSR count). The van der Waals surface area contributed by atoms with Gasteiger partial charge in [-0.1, -0.05) is 63.5 Å². The SMILES string of the molecule is O=C1NC[C@H](CCCCN2C[C@H](Cc3ccc(O)cc3)N(CCC3CCCCC3)C(=O)C2=O)N(CC2CCCCC2)C1=O. The Morgan fingerprint density at radius 3 is 2.07 bits per heavy atom. The number of phenolic OH excluding ortho intramolecular Hbond substituents is 1. The number of phenols is 1. The highest BCUT2D eigenvalue weighted by atomic mass is 16.3. The maximum atomic E-state index is 13.5. The van der Waals surface area contributed by atoms with E-state index in [4.69, 9.17) is 0 Å². The molecule has 9 nitrogen and oxygen atoms in total.